The molecule has 0 radical (unpaired) electrons. The Morgan fingerprint density at radius 1 is 1.05 bits per heavy atom. The molecule has 0 aliphatic carbocycles. The van der Waals surface area contributed by atoms with E-state index in [0.29, 0.717) is 13.0 Å². The highest BCUT2D eigenvalue weighted by molar-refractivity contribution is 5.95. The predicted octanol–water partition coefficient (Wildman–Crippen LogP) is 3.91. The minimum Gasteiger partial charge on any atom is -0.490 e. The highest BCUT2D eigenvalue weighted by Gasteiger charge is 2.21. The Balaban J connectivity index is 1.53. The second kappa shape index (κ2) is 6.94. The normalized spacial score (nSPS) is 14.7. The van der Waals surface area contributed by atoms with Crippen LogP contribution in [0.5, 0.6) is 5.75 Å². The number of ether oxygens (including phenoxy) is 1. The molecule has 3 rings (SSSR count). The zero-order valence-corrected chi connectivity index (χ0v) is 12.4. The van der Waals surface area contributed by atoms with E-state index in [4.69, 9.17) is 4.74 Å². The third kappa shape index (κ3) is 3.55. The van der Waals surface area contributed by atoms with Crippen LogP contribution in [0.15, 0.2) is 60.7 Å². The van der Waals surface area contributed by atoms with Gasteiger partial charge in [0.1, 0.15) is 12.4 Å². The Bertz CT molecular complexity index is 647. The van der Waals surface area contributed by atoms with Gasteiger partial charge >= 0.3 is 0 Å². The van der Waals surface area contributed by atoms with Crippen molar-refractivity contribution in [3.8, 4) is 5.75 Å². The smallest absolute Gasteiger partial charge is 0.227 e. The lowest BCUT2D eigenvalue weighted by atomic mass is 10.2. The van der Waals surface area contributed by atoms with Crippen LogP contribution in [0.3, 0.4) is 0 Å². The molecule has 0 bridgehead atoms. The van der Waals surface area contributed by atoms with Gasteiger partial charge in [0, 0.05) is 18.7 Å². The molecule has 1 heterocycles. The van der Waals surface area contributed by atoms with Crippen molar-refractivity contribution in [2.75, 3.05) is 18.1 Å². The summed E-state index contributed by atoms with van der Waals surface area (Å²) >= 11 is 0. The average Bonchev–Trinajstić information content (AvgIpc) is 2.99. The van der Waals surface area contributed by atoms with Gasteiger partial charge in [-0.2, -0.15) is 0 Å². The summed E-state index contributed by atoms with van der Waals surface area (Å²) in [5.74, 6) is 1.02. The lowest BCUT2D eigenvalue weighted by Gasteiger charge is -2.15. The zero-order chi connectivity index (χ0) is 15.2. The Hall–Kier alpha value is -2.55. The Labute approximate surface area is 130 Å². The third-order valence-electron chi connectivity index (χ3n) is 3.68. The van der Waals surface area contributed by atoms with E-state index in [0.717, 1.165) is 30.0 Å². The molecule has 1 saturated heterocycles. The van der Waals surface area contributed by atoms with E-state index in [-0.39, 0.29) is 5.91 Å². The first-order valence-electron chi connectivity index (χ1n) is 7.58. The molecule has 0 unspecified atom stereocenters. The van der Waals surface area contributed by atoms with Crippen LogP contribution in [0.1, 0.15) is 18.4 Å². The van der Waals surface area contributed by atoms with Gasteiger partial charge in [-0.25, -0.2) is 0 Å². The van der Waals surface area contributed by atoms with Gasteiger partial charge in [0.15, 0.2) is 0 Å². The van der Waals surface area contributed by atoms with Crippen molar-refractivity contribution in [1.82, 2.24) is 0 Å². The van der Waals surface area contributed by atoms with E-state index in [1.165, 1.54) is 0 Å². The predicted molar refractivity (Wildman–Crippen MR) is 89.0 cm³/mol. The van der Waals surface area contributed by atoms with Crippen LogP contribution in [0.4, 0.5) is 5.69 Å². The molecule has 3 heteroatoms. The number of rotatable bonds is 5. The molecule has 0 aromatic heterocycles. The second-order valence-electron chi connectivity index (χ2n) is 5.27. The molecule has 1 aliphatic heterocycles. The third-order valence-corrected chi connectivity index (χ3v) is 3.68. The van der Waals surface area contributed by atoms with E-state index in [1.807, 2.05) is 59.5 Å². The van der Waals surface area contributed by atoms with E-state index in [1.54, 1.807) is 0 Å². The number of hydrogen-bond donors (Lipinski definition) is 0. The zero-order valence-electron chi connectivity index (χ0n) is 12.4. The number of hydrogen-bond acceptors (Lipinski definition) is 2. The number of amides is 1. The largest absolute Gasteiger partial charge is 0.490 e. The first-order valence-corrected chi connectivity index (χ1v) is 7.58. The quantitative estimate of drug-likeness (QED) is 0.836. The van der Waals surface area contributed by atoms with Crippen LogP contribution in [0.25, 0.3) is 6.08 Å². The molecule has 0 spiro atoms. The molecular weight excluding hydrogens is 274 g/mol. The van der Waals surface area contributed by atoms with Crippen molar-refractivity contribution in [3.05, 3.63) is 66.2 Å². The van der Waals surface area contributed by atoms with Crippen molar-refractivity contribution in [2.24, 2.45) is 0 Å². The van der Waals surface area contributed by atoms with E-state index < -0.39 is 0 Å². The van der Waals surface area contributed by atoms with Gasteiger partial charge in [-0.3, -0.25) is 4.79 Å². The SMILES string of the molecule is O=C1CCCN1c1ccc(OC/C=C/c2ccccc2)cc1. The van der Waals surface area contributed by atoms with Gasteiger partial charge in [0.25, 0.3) is 0 Å². The summed E-state index contributed by atoms with van der Waals surface area (Å²) < 4.78 is 5.68. The van der Waals surface area contributed by atoms with E-state index in [2.05, 4.69) is 12.1 Å². The van der Waals surface area contributed by atoms with Crippen molar-refractivity contribution in [2.45, 2.75) is 12.8 Å². The minimum absolute atomic E-state index is 0.208. The molecule has 1 fully saturated rings. The molecule has 0 atom stereocenters. The molecule has 0 N–H and O–H groups in total. The molecule has 22 heavy (non-hydrogen) atoms. The van der Waals surface area contributed by atoms with Gasteiger partial charge in [0.05, 0.1) is 0 Å². The number of anilines is 1. The van der Waals surface area contributed by atoms with E-state index in [9.17, 15) is 4.79 Å². The van der Waals surface area contributed by atoms with Crippen LogP contribution in [0.2, 0.25) is 0 Å². The van der Waals surface area contributed by atoms with Crippen molar-refractivity contribution in [3.63, 3.8) is 0 Å². The molecule has 3 nitrogen and oxygen atoms in total. The van der Waals surface area contributed by atoms with Crippen molar-refractivity contribution < 1.29 is 9.53 Å². The Morgan fingerprint density at radius 3 is 2.50 bits per heavy atom. The fraction of sp³-hybridized carbons (Fsp3) is 0.211. The lowest BCUT2D eigenvalue weighted by Crippen LogP contribution is -2.23. The van der Waals surface area contributed by atoms with Gasteiger partial charge < -0.3 is 9.64 Å². The maximum Gasteiger partial charge on any atom is 0.227 e. The second-order valence-corrected chi connectivity index (χ2v) is 5.27. The summed E-state index contributed by atoms with van der Waals surface area (Å²) in [4.78, 5) is 13.5. The number of benzene rings is 2. The number of carbonyl (C=O) groups is 1. The molecule has 2 aromatic carbocycles. The fourth-order valence-corrected chi connectivity index (χ4v) is 2.54. The number of nitrogens with zero attached hydrogens (tertiary/aromatic N) is 1. The van der Waals surface area contributed by atoms with Gasteiger partial charge in [0.2, 0.25) is 5.91 Å². The summed E-state index contributed by atoms with van der Waals surface area (Å²) in [6.45, 7) is 1.34. The molecule has 0 saturated carbocycles. The highest BCUT2D eigenvalue weighted by atomic mass is 16.5. The Morgan fingerprint density at radius 2 is 1.82 bits per heavy atom. The van der Waals surface area contributed by atoms with Crippen LogP contribution >= 0.6 is 0 Å². The summed E-state index contributed by atoms with van der Waals surface area (Å²) in [5.41, 5.74) is 2.11. The fourth-order valence-electron chi connectivity index (χ4n) is 2.54. The molecule has 1 amide bonds. The Kier molecular flexibility index (Phi) is 4.54. The van der Waals surface area contributed by atoms with Crippen LogP contribution in [-0.2, 0) is 4.79 Å². The topological polar surface area (TPSA) is 29.5 Å². The van der Waals surface area contributed by atoms with Gasteiger partial charge in [-0.05, 0) is 42.3 Å². The standard InChI is InChI=1S/C19H19NO2/c21-19-9-4-14-20(19)17-10-12-18(13-11-17)22-15-5-8-16-6-2-1-3-7-16/h1-3,5-8,10-13H,4,9,14-15H2/b8-5+. The first-order chi connectivity index (χ1) is 10.8. The molecular formula is C19H19NO2. The summed E-state index contributed by atoms with van der Waals surface area (Å²) in [6.07, 6.45) is 5.63. The van der Waals surface area contributed by atoms with Gasteiger partial charge in [-0.15, -0.1) is 0 Å². The van der Waals surface area contributed by atoms with Crippen LogP contribution < -0.4 is 9.64 Å². The minimum atomic E-state index is 0.208. The average molecular weight is 293 g/mol. The molecule has 2 aromatic rings. The van der Waals surface area contributed by atoms with Gasteiger partial charge in [-0.1, -0.05) is 36.4 Å². The van der Waals surface area contributed by atoms with E-state index >= 15 is 0 Å². The van der Waals surface area contributed by atoms with Crippen LogP contribution in [0, 0.1) is 0 Å². The summed E-state index contributed by atoms with van der Waals surface area (Å²) in [5, 5.41) is 0. The molecule has 112 valence electrons. The molecule has 1 aliphatic rings. The lowest BCUT2D eigenvalue weighted by molar-refractivity contribution is -0.117. The monoisotopic (exact) mass is 293 g/mol. The number of carbonyl (C=O) groups excluding carboxylic acids is 1. The van der Waals surface area contributed by atoms with Crippen molar-refractivity contribution >= 4 is 17.7 Å². The maximum atomic E-state index is 11.7. The maximum absolute atomic E-state index is 11.7. The summed E-state index contributed by atoms with van der Waals surface area (Å²) in [7, 11) is 0. The van der Waals surface area contributed by atoms with Crippen LogP contribution in [-0.4, -0.2) is 19.1 Å². The first kappa shape index (κ1) is 14.4. The summed E-state index contributed by atoms with van der Waals surface area (Å²) in [6, 6.07) is 17.8. The highest BCUT2D eigenvalue weighted by Crippen LogP contribution is 2.23. The van der Waals surface area contributed by atoms with Crippen molar-refractivity contribution in [1.29, 1.82) is 0 Å².